The Labute approximate surface area is 243 Å². The van der Waals surface area contributed by atoms with Crippen molar-refractivity contribution in [3.05, 3.63) is 46.5 Å². The summed E-state index contributed by atoms with van der Waals surface area (Å²) in [4.78, 5) is 12.8. The lowest BCUT2D eigenvalue weighted by atomic mass is 9.94. The van der Waals surface area contributed by atoms with Crippen LogP contribution in [0, 0.1) is 17.7 Å². The Hall–Kier alpha value is -3.20. The smallest absolute Gasteiger partial charge is 0.418 e. The van der Waals surface area contributed by atoms with Gasteiger partial charge in [0.1, 0.15) is 28.8 Å². The molecule has 0 amide bonds. The van der Waals surface area contributed by atoms with Crippen molar-refractivity contribution in [3.63, 3.8) is 0 Å². The molecule has 0 aliphatic carbocycles. The first-order chi connectivity index (χ1) is 20.0. The quantitative estimate of drug-likeness (QED) is 0.290. The predicted molar refractivity (Wildman–Crippen MR) is 149 cm³/mol. The van der Waals surface area contributed by atoms with Crippen LogP contribution in [-0.4, -0.2) is 69.9 Å². The highest BCUT2D eigenvalue weighted by molar-refractivity contribution is 6.32. The molecular formula is C30H27ClF5N5O. The van der Waals surface area contributed by atoms with Crippen LogP contribution in [0.3, 0.4) is 0 Å². The molecule has 3 aromatic rings. The van der Waals surface area contributed by atoms with E-state index in [9.17, 15) is 22.7 Å². The Kier molecular flexibility index (Phi) is 6.53. The molecule has 4 fully saturated rings. The van der Waals surface area contributed by atoms with Gasteiger partial charge in [-0.2, -0.15) is 13.2 Å². The zero-order valence-corrected chi connectivity index (χ0v) is 23.2. The normalized spacial score (nSPS) is 27.4. The van der Waals surface area contributed by atoms with Crippen molar-refractivity contribution in [3.8, 4) is 28.8 Å². The Bertz CT molecular complexity index is 1640. The number of aromatic hydroxyl groups is 1. The van der Waals surface area contributed by atoms with E-state index in [-0.39, 0.29) is 23.3 Å². The van der Waals surface area contributed by atoms with Crippen molar-refractivity contribution < 1.29 is 27.1 Å². The molecule has 4 aliphatic heterocycles. The molecule has 0 saturated carbocycles. The van der Waals surface area contributed by atoms with Crippen molar-refractivity contribution >= 4 is 28.2 Å². The molecule has 2 N–H and O–H groups in total. The highest BCUT2D eigenvalue weighted by Crippen LogP contribution is 2.45. The van der Waals surface area contributed by atoms with E-state index >= 15 is 4.39 Å². The van der Waals surface area contributed by atoms with Crippen molar-refractivity contribution in [1.29, 1.82) is 0 Å². The zero-order valence-electron chi connectivity index (χ0n) is 22.4. The fourth-order valence-corrected chi connectivity index (χ4v) is 7.50. The molecule has 4 saturated heterocycles. The van der Waals surface area contributed by atoms with Gasteiger partial charge in [-0.25, -0.2) is 13.8 Å². The first kappa shape index (κ1) is 27.6. The van der Waals surface area contributed by atoms with Gasteiger partial charge in [-0.3, -0.25) is 9.88 Å². The number of anilines is 1. The first-order valence-corrected chi connectivity index (χ1v) is 14.4. The highest BCUT2D eigenvalue weighted by Gasteiger charge is 2.47. The van der Waals surface area contributed by atoms with E-state index in [2.05, 4.69) is 32.0 Å². The van der Waals surface area contributed by atoms with Crippen molar-refractivity contribution in [1.82, 2.24) is 20.2 Å². The largest absolute Gasteiger partial charge is 0.508 e. The molecule has 42 heavy (non-hydrogen) atoms. The lowest BCUT2D eigenvalue weighted by molar-refractivity contribution is -0.137. The van der Waals surface area contributed by atoms with Gasteiger partial charge in [0.05, 0.1) is 21.8 Å². The highest BCUT2D eigenvalue weighted by atomic mass is 35.5. The Morgan fingerprint density at radius 3 is 2.62 bits per heavy atom. The maximum Gasteiger partial charge on any atom is 0.418 e. The van der Waals surface area contributed by atoms with Gasteiger partial charge < -0.3 is 15.3 Å². The standard InChI is InChI=1S/C30H27ClF5N5O/c31-23-10-20(42)9-21(25(23)30(34,35)36)27-26(33)28-22(12-37-27)24(40-14-18-2-3-19(15-40)38-18)8-17(39-28)4-6-29-5-1-7-41(29)13-16(32)11-29/h8-10,12,16,18-19,38,42H,1-3,5,7,11,13-15H2. The summed E-state index contributed by atoms with van der Waals surface area (Å²) in [5.41, 5.74) is -2.53. The minimum Gasteiger partial charge on any atom is -0.508 e. The average molecular weight is 604 g/mol. The van der Waals surface area contributed by atoms with Crippen LogP contribution in [0.15, 0.2) is 24.4 Å². The number of nitrogens with one attached hydrogen (secondary N) is 1. The molecule has 4 unspecified atom stereocenters. The number of rotatable bonds is 2. The summed E-state index contributed by atoms with van der Waals surface area (Å²) in [6.45, 7) is 2.40. The second-order valence-corrected chi connectivity index (χ2v) is 12.1. The molecule has 6 heterocycles. The number of aromatic nitrogens is 2. The number of pyridine rings is 2. The van der Waals surface area contributed by atoms with Crippen LogP contribution in [0.4, 0.5) is 27.6 Å². The van der Waals surface area contributed by atoms with E-state index in [4.69, 9.17) is 11.6 Å². The number of fused-ring (bicyclic) bond motifs is 4. The second-order valence-electron chi connectivity index (χ2n) is 11.7. The fourth-order valence-electron chi connectivity index (χ4n) is 7.18. The number of hydrogen-bond acceptors (Lipinski definition) is 6. The summed E-state index contributed by atoms with van der Waals surface area (Å²) in [5, 5.41) is 13.2. The van der Waals surface area contributed by atoms with Crippen molar-refractivity contribution in [2.75, 3.05) is 31.1 Å². The van der Waals surface area contributed by atoms with E-state index in [1.165, 1.54) is 6.20 Å². The van der Waals surface area contributed by atoms with Crippen LogP contribution in [-0.2, 0) is 6.18 Å². The molecule has 2 bridgehead atoms. The van der Waals surface area contributed by atoms with Gasteiger partial charge >= 0.3 is 6.18 Å². The summed E-state index contributed by atoms with van der Waals surface area (Å²) < 4.78 is 72.7. The number of nitrogens with zero attached hydrogens (tertiary/aromatic N) is 4. The summed E-state index contributed by atoms with van der Waals surface area (Å²) in [5.74, 6) is 4.69. The molecule has 6 nitrogen and oxygen atoms in total. The Morgan fingerprint density at radius 1 is 1.12 bits per heavy atom. The van der Waals surface area contributed by atoms with E-state index in [1.807, 2.05) is 4.90 Å². The monoisotopic (exact) mass is 603 g/mol. The fraction of sp³-hybridized carbons (Fsp3) is 0.467. The third-order valence-electron chi connectivity index (χ3n) is 8.97. The topological polar surface area (TPSA) is 64.5 Å². The molecule has 1 aromatic carbocycles. The van der Waals surface area contributed by atoms with Gasteiger partial charge in [0.15, 0.2) is 5.82 Å². The lowest BCUT2D eigenvalue weighted by Gasteiger charge is -2.35. The molecule has 0 spiro atoms. The number of piperazine rings is 1. The molecule has 0 radical (unpaired) electrons. The van der Waals surface area contributed by atoms with Crippen LogP contribution in [0.2, 0.25) is 5.02 Å². The average Bonchev–Trinajstić information content (AvgIpc) is 3.56. The van der Waals surface area contributed by atoms with Crippen LogP contribution < -0.4 is 10.2 Å². The minimum atomic E-state index is -4.93. The third kappa shape index (κ3) is 4.64. The van der Waals surface area contributed by atoms with E-state index < -0.39 is 51.3 Å². The maximum atomic E-state index is 16.3. The summed E-state index contributed by atoms with van der Waals surface area (Å²) in [6.07, 6.45) is -0.651. The number of phenolic OH excluding ortho intramolecular Hbond substituents is 1. The summed E-state index contributed by atoms with van der Waals surface area (Å²) in [6, 6.07) is 3.84. The number of hydrogen-bond donors (Lipinski definition) is 2. The molecule has 12 heteroatoms. The van der Waals surface area contributed by atoms with E-state index in [0.717, 1.165) is 44.4 Å². The van der Waals surface area contributed by atoms with Gasteiger partial charge in [-0.05, 0) is 56.3 Å². The van der Waals surface area contributed by atoms with Gasteiger partial charge in [0.2, 0.25) is 0 Å². The van der Waals surface area contributed by atoms with Crippen LogP contribution in [0.25, 0.3) is 22.2 Å². The Morgan fingerprint density at radius 2 is 1.88 bits per heavy atom. The number of halogens is 6. The maximum absolute atomic E-state index is 16.3. The first-order valence-electron chi connectivity index (χ1n) is 14.0. The summed E-state index contributed by atoms with van der Waals surface area (Å²) in [7, 11) is 0. The van der Waals surface area contributed by atoms with E-state index in [0.29, 0.717) is 37.1 Å². The van der Waals surface area contributed by atoms with Crippen LogP contribution >= 0.6 is 11.6 Å². The minimum absolute atomic E-state index is 0.184. The van der Waals surface area contributed by atoms with Crippen LogP contribution in [0.1, 0.15) is 43.4 Å². The number of alkyl halides is 4. The van der Waals surface area contributed by atoms with Crippen molar-refractivity contribution in [2.45, 2.75) is 62.1 Å². The molecule has 7 rings (SSSR count). The zero-order chi connectivity index (χ0) is 29.4. The molecule has 4 aliphatic rings. The number of benzene rings is 1. The lowest BCUT2D eigenvalue weighted by Crippen LogP contribution is -2.51. The molecule has 4 atom stereocenters. The van der Waals surface area contributed by atoms with Gasteiger partial charge in [-0.1, -0.05) is 17.5 Å². The van der Waals surface area contributed by atoms with Crippen LogP contribution in [0.5, 0.6) is 5.75 Å². The molecule has 220 valence electrons. The van der Waals surface area contributed by atoms with Crippen molar-refractivity contribution in [2.24, 2.45) is 0 Å². The van der Waals surface area contributed by atoms with E-state index in [1.54, 1.807) is 6.07 Å². The van der Waals surface area contributed by atoms with Gasteiger partial charge in [0, 0.05) is 55.3 Å². The second kappa shape index (κ2) is 9.93. The predicted octanol–water partition coefficient (Wildman–Crippen LogP) is 5.68. The number of phenols is 1. The SMILES string of the molecule is Oc1cc(Cl)c(C(F)(F)F)c(-c2ncc3c(N4CC5CCC(C4)N5)cc(C#CC45CCCN4CC(F)C5)nc3c2F)c1. The molecule has 2 aromatic heterocycles. The summed E-state index contributed by atoms with van der Waals surface area (Å²) >= 11 is 5.87. The Balaban J connectivity index is 1.41. The van der Waals surface area contributed by atoms with Gasteiger partial charge in [-0.15, -0.1) is 0 Å². The van der Waals surface area contributed by atoms with Gasteiger partial charge in [0.25, 0.3) is 0 Å². The molecular weight excluding hydrogens is 577 g/mol. The third-order valence-corrected chi connectivity index (χ3v) is 9.27.